The summed E-state index contributed by atoms with van der Waals surface area (Å²) in [6, 6.07) is 12.5. The minimum atomic E-state index is 0.862. The fraction of sp³-hybridized carbons (Fsp3) is 0.211. The first-order valence-corrected chi connectivity index (χ1v) is 9.33. The maximum Gasteiger partial charge on any atom is 0.166 e. The van der Waals surface area contributed by atoms with E-state index in [-0.39, 0.29) is 0 Å². The lowest BCUT2D eigenvalue weighted by molar-refractivity contribution is 0.848. The van der Waals surface area contributed by atoms with Crippen molar-refractivity contribution in [3.05, 3.63) is 53.3 Å². The Morgan fingerprint density at radius 2 is 1.80 bits per heavy atom. The van der Waals surface area contributed by atoms with Gasteiger partial charge in [0, 0.05) is 17.0 Å². The summed E-state index contributed by atoms with van der Waals surface area (Å²) in [5, 5.41) is 13.3. The van der Waals surface area contributed by atoms with Crippen LogP contribution in [0.4, 0.5) is 0 Å². The summed E-state index contributed by atoms with van der Waals surface area (Å²) in [6.07, 6.45) is 2.03. The molecule has 3 aromatic heterocycles. The van der Waals surface area contributed by atoms with Crippen molar-refractivity contribution in [3.8, 4) is 22.5 Å². The van der Waals surface area contributed by atoms with Gasteiger partial charge in [-0.05, 0) is 39.2 Å². The highest BCUT2D eigenvalue weighted by Crippen LogP contribution is 2.34. The monoisotopic (exact) mass is 349 g/mol. The lowest BCUT2D eigenvalue weighted by Crippen LogP contribution is -1.97. The lowest BCUT2D eigenvalue weighted by Gasteiger charge is -2.01. The first kappa shape index (κ1) is 15.9. The van der Waals surface area contributed by atoms with Gasteiger partial charge in [0.05, 0.1) is 17.0 Å². The highest BCUT2D eigenvalue weighted by molar-refractivity contribution is 7.98. The molecule has 126 valence electrons. The van der Waals surface area contributed by atoms with Crippen LogP contribution in [0.5, 0.6) is 0 Å². The number of benzene rings is 1. The van der Waals surface area contributed by atoms with Crippen LogP contribution in [0.25, 0.3) is 28.2 Å². The van der Waals surface area contributed by atoms with Gasteiger partial charge in [-0.2, -0.15) is 10.2 Å². The molecule has 1 N–H and O–H groups in total. The van der Waals surface area contributed by atoms with Gasteiger partial charge < -0.3 is 0 Å². The fourth-order valence-corrected chi connectivity index (χ4v) is 3.57. The average molecular weight is 349 g/mol. The van der Waals surface area contributed by atoms with E-state index in [1.165, 1.54) is 5.56 Å². The topological polar surface area (TPSA) is 58.9 Å². The van der Waals surface area contributed by atoms with Crippen molar-refractivity contribution in [2.75, 3.05) is 6.26 Å². The minimum absolute atomic E-state index is 0.862. The summed E-state index contributed by atoms with van der Waals surface area (Å²) in [5.74, 6) is 0. The van der Waals surface area contributed by atoms with Crippen LogP contribution in [0, 0.1) is 20.8 Å². The predicted octanol–water partition coefficient (Wildman–Crippen LogP) is 4.43. The largest absolute Gasteiger partial charge is 0.277 e. The molecule has 0 radical (unpaired) electrons. The molecule has 5 nitrogen and oxygen atoms in total. The van der Waals surface area contributed by atoms with Crippen LogP contribution in [0.15, 0.2) is 41.4 Å². The van der Waals surface area contributed by atoms with Crippen molar-refractivity contribution in [2.24, 2.45) is 0 Å². The Balaban J connectivity index is 1.89. The highest BCUT2D eigenvalue weighted by atomic mass is 32.2. The third kappa shape index (κ3) is 2.72. The second-order valence-corrected chi connectivity index (χ2v) is 6.99. The van der Waals surface area contributed by atoms with Gasteiger partial charge in [0.15, 0.2) is 5.65 Å². The first-order chi connectivity index (χ1) is 12.1. The predicted molar refractivity (Wildman–Crippen MR) is 102 cm³/mol. The number of fused-ring (bicyclic) bond motifs is 1. The molecular weight excluding hydrogens is 330 g/mol. The average Bonchev–Trinajstić information content (AvgIpc) is 3.19. The SMILES string of the molecule is CSc1nn2c(C)cc(C)nc2c1-c1cc(-c2ccc(C)cc2)n[nH]1. The molecule has 0 atom stereocenters. The molecule has 25 heavy (non-hydrogen) atoms. The molecule has 0 saturated heterocycles. The molecule has 0 saturated carbocycles. The molecule has 0 aliphatic rings. The number of thioether (sulfide) groups is 1. The first-order valence-electron chi connectivity index (χ1n) is 8.10. The summed E-state index contributed by atoms with van der Waals surface area (Å²) in [4.78, 5) is 4.71. The second kappa shape index (κ2) is 6.04. The molecule has 0 aliphatic carbocycles. The zero-order chi connectivity index (χ0) is 17.6. The van der Waals surface area contributed by atoms with Gasteiger partial charge in [0.2, 0.25) is 0 Å². The number of rotatable bonds is 3. The smallest absolute Gasteiger partial charge is 0.166 e. The molecular formula is C19H19N5S. The van der Waals surface area contributed by atoms with E-state index in [1.54, 1.807) is 11.8 Å². The normalized spacial score (nSPS) is 11.4. The standard InChI is InChI=1S/C19H19N5S/c1-11-5-7-14(8-6-11)15-10-16(22-21-15)17-18-20-12(2)9-13(3)24(18)23-19(17)25-4/h5-10H,1-4H3,(H,21,22). The Kier molecular flexibility index (Phi) is 3.84. The molecule has 4 aromatic rings. The minimum Gasteiger partial charge on any atom is -0.277 e. The third-order valence-corrected chi connectivity index (χ3v) is 4.92. The Morgan fingerprint density at radius 1 is 1.04 bits per heavy atom. The Hall–Kier alpha value is -2.60. The number of H-pyrrole nitrogens is 1. The van der Waals surface area contributed by atoms with E-state index in [2.05, 4.69) is 47.5 Å². The Morgan fingerprint density at radius 3 is 2.52 bits per heavy atom. The lowest BCUT2D eigenvalue weighted by atomic mass is 10.1. The molecule has 0 amide bonds. The highest BCUT2D eigenvalue weighted by Gasteiger charge is 2.19. The maximum absolute atomic E-state index is 4.71. The number of hydrogen-bond donors (Lipinski definition) is 1. The number of aromatic nitrogens is 5. The molecule has 1 aromatic carbocycles. The van der Waals surface area contributed by atoms with Crippen LogP contribution in [0.3, 0.4) is 0 Å². The second-order valence-electron chi connectivity index (χ2n) is 6.19. The van der Waals surface area contributed by atoms with E-state index in [9.17, 15) is 0 Å². The van der Waals surface area contributed by atoms with Gasteiger partial charge in [-0.3, -0.25) is 5.10 Å². The number of nitrogens with zero attached hydrogens (tertiary/aromatic N) is 4. The van der Waals surface area contributed by atoms with Crippen LogP contribution in [-0.4, -0.2) is 31.1 Å². The van der Waals surface area contributed by atoms with Crippen LogP contribution in [0.2, 0.25) is 0 Å². The number of nitrogens with one attached hydrogen (secondary N) is 1. The molecule has 4 rings (SSSR count). The van der Waals surface area contributed by atoms with Crippen LogP contribution in [0.1, 0.15) is 17.0 Å². The van der Waals surface area contributed by atoms with Gasteiger partial charge in [0.1, 0.15) is 5.03 Å². The van der Waals surface area contributed by atoms with Gasteiger partial charge in [-0.15, -0.1) is 11.8 Å². The van der Waals surface area contributed by atoms with Crippen molar-refractivity contribution in [2.45, 2.75) is 25.8 Å². The molecule has 0 bridgehead atoms. The fourth-order valence-electron chi connectivity index (χ4n) is 3.00. The van der Waals surface area contributed by atoms with Crippen molar-refractivity contribution in [3.63, 3.8) is 0 Å². The van der Waals surface area contributed by atoms with E-state index < -0.39 is 0 Å². The van der Waals surface area contributed by atoms with E-state index in [0.29, 0.717) is 0 Å². The zero-order valence-electron chi connectivity index (χ0n) is 14.7. The maximum atomic E-state index is 4.71. The summed E-state index contributed by atoms with van der Waals surface area (Å²) in [5.41, 5.74) is 8.11. The van der Waals surface area contributed by atoms with Crippen molar-refractivity contribution >= 4 is 17.4 Å². The van der Waals surface area contributed by atoms with Gasteiger partial charge in [-0.25, -0.2) is 9.50 Å². The Bertz CT molecular complexity index is 1060. The summed E-state index contributed by atoms with van der Waals surface area (Å²) in [6.45, 7) is 6.14. The van der Waals surface area contributed by atoms with Crippen molar-refractivity contribution in [1.82, 2.24) is 24.8 Å². The van der Waals surface area contributed by atoms with E-state index >= 15 is 0 Å². The summed E-state index contributed by atoms with van der Waals surface area (Å²) in [7, 11) is 0. The van der Waals surface area contributed by atoms with E-state index in [4.69, 9.17) is 10.1 Å². The molecule has 3 heterocycles. The number of aromatic amines is 1. The van der Waals surface area contributed by atoms with Gasteiger partial charge in [-0.1, -0.05) is 29.8 Å². The molecule has 0 fully saturated rings. The van der Waals surface area contributed by atoms with E-state index in [0.717, 1.165) is 44.6 Å². The summed E-state index contributed by atoms with van der Waals surface area (Å²) < 4.78 is 1.90. The van der Waals surface area contributed by atoms with Crippen LogP contribution in [-0.2, 0) is 0 Å². The zero-order valence-corrected chi connectivity index (χ0v) is 15.5. The molecule has 0 unspecified atom stereocenters. The number of aryl methyl sites for hydroxylation is 3. The van der Waals surface area contributed by atoms with E-state index in [1.807, 2.05) is 30.7 Å². The quantitative estimate of drug-likeness (QED) is 0.556. The summed E-state index contributed by atoms with van der Waals surface area (Å²) >= 11 is 1.62. The van der Waals surface area contributed by atoms with Crippen LogP contribution < -0.4 is 0 Å². The Labute approximate surface area is 150 Å². The van der Waals surface area contributed by atoms with Gasteiger partial charge >= 0.3 is 0 Å². The van der Waals surface area contributed by atoms with Gasteiger partial charge in [0.25, 0.3) is 0 Å². The number of hydrogen-bond acceptors (Lipinski definition) is 4. The third-order valence-electron chi connectivity index (χ3n) is 4.25. The molecule has 6 heteroatoms. The van der Waals surface area contributed by atoms with Crippen molar-refractivity contribution < 1.29 is 0 Å². The van der Waals surface area contributed by atoms with Crippen molar-refractivity contribution in [1.29, 1.82) is 0 Å². The molecule has 0 aliphatic heterocycles. The van der Waals surface area contributed by atoms with Crippen LogP contribution >= 0.6 is 11.8 Å². The molecule has 0 spiro atoms.